The molecule has 1 aliphatic heterocycles. The number of fused-ring (bicyclic) bond motifs is 2. The fourth-order valence-electron chi connectivity index (χ4n) is 5.62. The number of sulfonamides is 2. The van der Waals surface area contributed by atoms with Crippen LogP contribution in [-0.4, -0.2) is 47.6 Å². The van der Waals surface area contributed by atoms with Gasteiger partial charge in [-0.3, -0.25) is 19.6 Å². The van der Waals surface area contributed by atoms with Gasteiger partial charge in [0.2, 0.25) is 10.0 Å². The maximum absolute atomic E-state index is 14.7. The molecule has 0 spiro atoms. The number of carbonyl (C=O) groups excluding carboxylic acids is 2. The van der Waals surface area contributed by atoms with E-state index in [2.05, 4.69) is 19.8 Å². The smallest absolute Gasteiger partial charge is 0.286 e. The lowest BCUT2D eigenvalue weighted by atomic mass is 9.67. The highest BCUT2D eigenvalue weighted by Gasteiger charge is 2.54. The van der Waals surface area contributed by atoms with Crippen LogP contribution < -0.4 is 20.1 Å². The molecule has 3 N–H and O–H groups in total. The zero-order valence-corrected chi connectivity index (χ0v) is 26.4. The van der Waals surface area contributed by atoms with Gasteiger partial charge in [0.1, 0.15) is 27.9 Å². The number of ether oxygens (including phenoxy) is 1. The number of methoxy groups -OCH3 is 1. The summed E-state index contributed by atoms with van der Waals surface area (Å²) in [5, 5.41) is 6.37. The summed E-state index contributed by atoms with van der Waals surface area (Å²) in [6.07, 6.45) is 1.94. The summed E-state index contributed by atoms with van der Waals surface area (Å²) in [5.74, 6) is -2.02. The van der Waals surface area contributed by atoms with Crippen LogP contribution in [0.1, 0.15) is 48.2 Å². The number of nitrogens with one attached hydrogen (secondary N) is 3. The number of benzene rings is 3. The van der Waals surface area contributed by atoms with Crippen molar-refractivity contribution in [3.05, 3.63) is 83.4 Å². The minimum Gasteiger partial charge on any atom is -0.497 e. The van der Waals surface area contributed by atoms with E-state index in [1.54, 1.807) is 31.4 Å². The Balaban J connectivity index is 1.60. The molecule has 0 aromatic heterocycles. The maximum atomic E-state index is 14.7. The molecule has 0 radical (unpaired) electrons. The van der Waals surface area contributed by atoms with E-state index < -0.39 is 43.1 Å². The van der Waals surface area contributed by atoms with Gasteiger partial charge >= 0.3 is 0 Å². The first-order chi connectivity index (χ1) is 20.7. The number of amidine groups is 1. The van der Waals surface area contributed by atoms with Gasteiger partial charge in [-0.1, -0.05) is 50.2 Å². The van der Waals surface area contributed by atoms with E-state index in [4.69, 9.17) is 4.74 Å². The summed E-state index contributed by atoms with van der Waals surface area (Å²) in [6, 6.07) is 18.2. The molecule has 11 nitrogen and oxygen atoms in total. The van der Waals surface area contributed by atoms with Crippen LogP contribution in [0, 0.1) is 11.8 Å². The molecule has 0 saturated carbocycles. The Morgan fingerprint density at radius 2 is 1.80 bits per heavy atom. The maximum Gasteiger partial charge on any atom is 0.286 e. The predicted octanol–water partition coefficient (Wildman–Crippen LogP) is 4.08. The average molecular weight is 639 g/mol. The third-order valence-corrected chi connectivity index (χ3v) is 9.68. The fourth-order valence-corrected chi connectivity index (χ4v) is 7.36. The van der Waals surface area contributed by atoms with Crippen molar-refractivity contribution in [2.24, 2.45) is 16.2 Å². The molecule has 3 aromatic carbocycles. The molecule has 0 amide bonds. The Morgan fingerprint density at radius 3 is 2.50 bits per heavy atom. The minimum atomic E-state index is -4.42. The van der Waals surface area contributed by atoms with Crippen molar-refractivity contribution in [2.45, 2.75) is 43.7 Å². The van der Waals surface area contributed by atoms with Crippen molar-refractivity contribution < 1.29 is 31.2 Å². The Bertz CT molecular complexity index is 1890. The average Bonchev–Trinajstić information content (AvgIpc) is 2.96. The number of carbonyl (C=O) groups is 2. The van der Waals surface area contributed by atoms with E-state index in [9.17, 15) is 26.4 Å². The van der Waals surface area contributed by atoms with E-state index in [1.807, 2.05) is 38.1 Å². The molecule has 2 atom stereocenters. The van der Waals surface area contributed by atoms with Crippen molar-refractivity contribution in [1.29, 1.82) is 0 Å². The summed E-state index contributed by atoms with van der Waals surface area (Å²) in [5.41, 5.74) is 0.467. The highest BCUT2D eigenvalue weighted by molar-refractivity contribution is 7.92. The monoisotopic (exact) mass is 638 g/mol. The fraction of sp³-hybridized carbons (Fsp3) is 0.323. The van der Waals surface area contributed by atoms with E-state index in [0.29, 0.717) is 29.7 Å². The first kappa shape index (κ1) is 31.4. The second-order valence-electron chi connectivity index (χ2n) is 11.4. The van der Waals surface area contributed by atoms with E-state index in [0.717, 1.165) is 17.9 Å². The van der Waals surface area contributed by atoms with Gasteiger partial charge in [-0.2, -0.15) is 8.42 Å². The van der Waals surface area contributed by atoms with Gasteiger partial charge in [-0.25, -0.2) is 8.42 Å². The van der Waals surface area contributed by atoms with Gasteiger partial charge in [0.05, 0.1) is 19.1 Å². The van der Waals surface area contributed by atoms with Crippen LogP contribution in [0.25, 0.3) is 0 Å². The van der Waals surface area contributed by atoms with Gasteiger partial charge in [-0.05, 0) is 60.2 Å². The highest BCUT2D eigenvalue weighted by atomic mass is 32.2. The summed E-state index contributed by atoms with van der Waals surface area (Å²) >= 11 is 0. The van der Waals surface area contributed by atoms with Crippen molar-refractivity contribution in [1.82, 2.24) is 5.32 Å². The largest absolute Gasteiger partial charge is 0.497 e. The summed E-state index contributed by atoms with van der Waals surface area (Å²) in [7, 11) is -6.52. The minimum absolute atomic E-state index is 0.0310. The Morgan fingerprint density at radius 1 is 1.05 bits per heavy atom. The molecule has 2 aliphatic rings. The first-order valence-corrected chi connectivity index (χ1v) is 17.4. The van der Waals surface area contributed by atoms with Gasteiger partial charge in [-0.15, -0.1) is 4.40 Å². The molecule has 0 fully saturated rings. The van der Waals surface area contributed by atoms with Gasteiger partial charge in [0.25, 0.3) is 10.0 Å². The second-order valence-corrected chi connectivity index (χ2v) is 14.7. The Labute approximate surface area is 257 Å². The van der Waals surface area contributed by atoms with Gasteiger partial charge < -0.3 is 10.1 Å². The number of nitrogens with zero attached hydrogens (tertiary/aromatic N) is 1. The first-order valence-electron chi connectivity index (χ1n) is 14.0. The highest BCUT2D eigenvalue weighted by Crippen LogP contribution is 2.42. The molecule has 1 aliphatic carbocycles. The molecule has 5 rings (SSSR count). The zero-order chi connectivity index (χ0) is 31.9. The van der Waals surface area contributed by atoms with Crippen LogP contribution in [0.15, 0.2) is 76.0 Å². The quantitative estimate of drug-likeness (QED) is 0.278. The summed E-state index contributed by atoms with van der Waals surface area (Å²) < 4.78 is 61.7. The molecule has 232 valence electrons. The number of ketones is 2. The normalized spacial score (nSPS) is 20.8. The number of anilines is 2. The second kappa shape index (κ2) is 11.8. The number of Topliss-reactive ketones (excluding diaryl/α,β-unsaturated/α-hetero) is 2. The molecular weight excluding hydrogens is 604 g/mol. The van der Waals surface area contributed by atoms with Crippen molar-refractivity contribution in [2.75, 3.05) is 23.4 Å². The molecule has 0 bridgehead atoms. The van der Waals surface area contributed by atoms with Gasteiger partial charge in [0, 0.05) is 17.8 Å². The lowest BCUT2D eigenvalue weighted by Crippen LogP contribution is -2.59. The van der Waals surface area contributed by atoms with Crippen LogP contribution in [0.5, 0.6) is 5.75 Å². The lowest BCUT2D eigenvalue weighted by Gasteiger charge is -2.42. The van der Waals surface area contributed by atoms with Crippen molar-refractivity contribution in [3.63, 3.8) is 0 Å². The Kier molecular flexibility index (Phi) is 8.40. The topological polar surface area (TPSA) is 160 Å². The summed E-state index contributed by atoms with van der Waals surface area (Å²) in [6.45, 7) is 4.36. The molecular formula is C31H34N4O7S2. The van der Waals surface area contributed by atoms with E-state index in [-0.39, 0.29) is 34.6 Å². The number of hydrogen-bond acceptors (Lipinski definition) is 9. The number of hydrogen-bond donors (Lipinski definition) is 3. The Hall–Kier alpha value is -4.07. The zero-order valence-electron chi connectivity index (χ0n) is 24.7. The molecule has 2 unspecified atom stereocenters. The van der Waals surface area contributed by atoms with E-state index in [1.165, 1.54) is 12.1 Å². The van der Waals surface area contributed by atoms with Crippen LogP contribution in [-0.2, 0) is 36.9 Å². The van der Waals surface area contributed by atoms with Crippen molar-refractivity contribution in [3.8, 4) is 5.75 Å². The summed E-state index contributed by atoms with van der Waals surface area (Å²) in [4.78, 5) is 28.4. The van der Waals surface area contributed by atoms with Crippen LogP contribution in [0.2, 0.25) is 0 Å². The standard InChI is InChI=1S/C31H34N4O7S2/c1-19(2)14-15-31(32-18-20-8-7-9-22(16-20)42-3)24-11-6-5-10-23(24)28(36)27(29(31)37)30-33-25-13-12-21(34-43(4,38)39)17-26(25)44(40,41)35-30/h5-13,16-17,19,27,32,34H,14-15,18H2,1-4H3,(H,33,35). The molecule has 1 heterocycles. The SMILES string of the molecule is COc1cccc(CNC2(CCC(C)C)C(=O)C(C3=NS(=O)(=O)c4cc(NS(C)(=O)=O)ccc4N3)C(=O)c3ccccc32)c1. The van der Waals surface area contributed by atoms with Crippen LogP contribution >= 0.6 is 0 Å². The molecule has 13 heteroatoms. The predicted molar refractivity (Wildman–Crippen MR) is 168 cm³/mol. The number of rotatable bonds is 10. The van der Waals surface area contributed by atoms with Gasteiger partial charge in [0.15, 0.2) is 11.6 Å². The van der Waals surface area contributed by atoms with Crippen LogP contribution in [0.3, 0.4) is 0 Å². The molecule has 3 aromatic rings. The third-order valence-electron chi connectivity index (χ3n) is 7.74. The van der Waals surface area contributed by atoms with Crippen LogP contribution in [0.4, 0.5) is 11.4 Å². The molecule has 0 saturated heterocycles. The molecule has 44 heavy (non-hydrogen) atoms. The lowest BCUT2D eigenvalue weighted by molar-refractivity contribution is -0.127. The van der Waals surface area contributed by atoms with Crippen molar-refractivity contribution >= 4 is 48.8 Å². The third kappa shape index (κ3) is 6.12. The van der Waals surface area contributed by atoms with E-state index >= 15 is 0 Å².